The predicted octanol–water partition coefficient (Wildman–Crippen LogP) is 3.48. The average Bonchev–Trinajstić information content (AvgIpc) is 2.62. The van der Waals surface area contributed by atoms with Gasteiger partial charge in [0.15, 0.2) is 11.5 Å². The van der Waals surface area contributed by atoms with Crippen LogP contribution in [0.15, 0.2) is 42.5 Å². The van der Waals surface area contributed by atoms with Gasteiger partial charge in [-0.25, -0.2) is 0 Å². The number of hydrogen-bond donors (Lipinski definition) is 1. The molecule has 0 aliphatic heterocycles. The van der Waals surface area contributed by atoms with Crippen LogP contribution in [-0.4, -0.2) is 33.9 Å². The molecule has 1 unspecified atom stereocenters. The number of methoxy groups -OCH3 is 3. The lowest BCUT2D eigenvalue weighted by Crippen LogP contribution is -2.30. The Morgan fingerprint density at radius 3 is 2.29 bits per heavy atom. The maximum Gasteiger partial charge on any atom is 0.160 e. The van der Waals surface area contributed by atoms with Gasteiger partial charge in [-0.2, -0.15) is 0 Å². The summed E-state index contributed by atoms with van der Waals surface area (Å²) in [7, 11) is 5.03. The molecule has 1 atom stereocenters. The Kier molecular flexibility index (Phi) is 6.94. The quantitative estimate of drug-likeness (QED) is 0.764. The zero-order chi connectivity index (χ0) is 17.4. The van der Waals surface area contributed by atoms with E-state index in [9.17, 15) is 0 Å². The van der Waals surface area contributed by atoms with Gasteiger partial charge in [0.25, 0.3) is 0 Å². The summed E-state index contributed by atoms with van der Waals surface area (Å²) in [6.07, 6.45) is 1.88. The van der Waals surface area contributed by atoms with Crippen molar-refractivity contribution < 1.29 is 14.2 Å². The van der Waals surface area contributed by atoms with Crippen LogP contribution in [0.3, 0.4) is 0 Å². The average molecular weight is 329 g/mol. The van der Waals surface area contributed by atoms with E-state index >= 15 is 0 Å². The molecule has 2 aromatic rings. The summed E-state index contributed by atoms with van der Waals surface area (Å²) < 4.78 is 16.0. The molecule has 0 radical (unpaired) electrons. The number of benzene rings is 2. The highest BCUT2D eigenvalue weighted by molar-refractivity contribution is 5.43. The van der Waals surface area contributed by atoms with Crippen molar-refractivity contribution in [3.8, 4) is 17.2 Å². The van der Waals surface area contributed by atoms with Gasteiger partial charge in [0.2, 0.25) is 0 Å². The lowest BCUT2D eigenvalue weighted by atomic mass is 10.1. The lowest BCUT2D eigenvalue weighted by molar-refractivity contribution is 0.354. The number of ether oxygens (including phenoxy) is 3. The normalized spacial score (nSPS) is 11.8. The van der Waals surface area contributed by atoms with Gasteiger partial charge in [-0.05, 0) is 55.6 Å². The van der Waals surface area contributed by atoms with Crippen LogP contribution in [-0.2, 0) is 12.8 Å². The van der Waals surface area contributed by atoms with E-state index in [1.165, 1.54) is 11.1 Å². The summed E-state index contributed by atoms with van der Waals surface area (Å²) in [5, 5.41) is 3.57. The first kappa shape index (κ1) is 18.1. The molecule has 0 bridgehead atoms. The summed E-state index contributed by atoms with van der Waals surface area (Å²) in [5.41, 5.74) is 2.45. The van der Waals surface area contributed by atoms with E-state index in [4.69, 9.17) is 14.2 Å². The fraction of sp³-hybridized carbons (Fsp3) is 0.400. The van der Waals surface area contributed by atoms with Crippen molar-refractivity contribution in [3.63, 3.8) is 0 Å². The van der Waals surface area contributed by atoms with Gasteiger partial charge in [-0.1, -0.05) is 24.3 Å². The van der Waals surface area contributed by atoms with E-state index < -0.39 is 0 Å². The van der Waals surface area contributed by atoms with Crippen LogP contribution in [0, 0.1) is 0 Å². The fourth-order valence-electron chi connectivity index (χ4n) is 2.80. The van der Waals surface area contributed by atoms with Crippen molar-refractivity contribution >= 4 is 0 Å². The third kappa shape index (κ3) is 4.90. The van der Waals surface area contributed by atoms with Crippen LogP contribution in [0.4, 0.5) is 0 Å². The van der Waals surface area contributed by atoms with Crippen LogP contribution in [0.5, 0.6) is 17.2 Å². The second-order valence-electron chi connectivity index (χ2n) is 5.81. The molecule has 2 aromatic carbocycles. The Morgan fingerprint density at radius 1 is 0.875 bits per heavy atom. The van der Waals surface area contributed by atoms with Crippen molar-refractivity contribution in [1.29, 1.82) is 0 Å². The van der Waals surface area contributed by atoms with Gasteiger partial charge in [-0.15, -0.1) is 0 Å². The summed E-state index contributed by atoms with van der Waals surface area (Å²) in [4.78, 5) is 0. The minimum absolute atomic E-state index is 0.373. The first-order valence-electron chi connectivity index (χ1n) is 8.24. The smallest absolute Gasteiger partial charge is 0.160 e. The Morgan fingerprint density at radius 2 is 1.58 bits per heavy atom. The van der Waals surface area contributed by atoms with E-state index in [1.807, 2.05) is 30.3 Å². The molecule has 2 rings (SSSR count). The molecular weight excluding hydrogens is 302 g/mol. The van der Waals surface area contributed by atoms with Gasteiger partial charge in [0.05, 0.1) is 21.3 Å². The number of rotatable bonds is 9. The molecule has 1 N–H and O–H groups in total. The third-order valence-corrected chi connectivity index (χ3v) is 4.07. The van der Waals surface area contributed by atoms with Crippen molar-refractivity contribution in [3.05, 3.63) is 53.6 Å². The SMILES string of the molecule is COc1ccccc1CCNC(C)Cc1ccc(OC)c(OC)c1. The van der Waals surface area contributed by atoms with Crippen molar-refractivity contribution in [2.45, 2.75) is 25.8 Å². The van der Waals surface area contributed by atoms with Crippen molar-refractivity contribution in [2.75, 3.05) is 27.9 Å². The summed E-state index contributed by atoms with van der Waals surface area (Å²) in [6, 6.07) is 14.6. The Hall–Kier alpha value is -2.20. The molecule has 0 aliphatic rings. The molecule has 0 amide bonds. The second kappa shape index (κ2) is 9.18. The van der Waals surface area contributed by atoms with Gasteiger partial charge in [0.1, 0.15) is 5.75 Å². The van der Waals surface area contributed by atoms with Crippen LogP contribution in [0.1, 0.15) is 18.1 Å². The topological polar surface area (TPSA) is 39.7 Å². The highest BCUT2D eigenvalue weighted by atomic mass is 16.5. The van der Waals surface area contributed by atoms with Crippen LogP contribution >= 0.6 is 0 Å². The van der Waals surface area contributed by atoms with E-state index in [-0.39, 0.29) is 0 Å². The largest absolute Gasteiger partial charge is 0.496 e. The van der Waals surface area contributed by atoms with Crippen LogP contribution in [0.2, 0.25) is 0 Å². The highest BCUT2D eigenvalue weighted by Crippen LogP contribution is 2.28. The van der Waals surface area contributed by atoms with Gasteiger partial charge < -0.3 is 19.5 Å². The minimum atomic E-state index is 0.373. The number of para-hydroxylation sites is 1. The number of hydrogen-bond acceptors (Lipinski definition) is 4. The van der Waals surface area contributed by atoms with E-state index in [0.29, 0.717) is 6.04 Å². The third-order valence-electron chi connectivity index (χ3n) is 4.07. The molecule has 130 valence electrons. The zero-order valence-electron chi connectivity index (χ0n) is 15.0. The molecule has 4 nitrogen and oxygen atoms in total. The monoisotopic (exact) mass is 329 g/mol. The number of nitrogens with one attached hydrogen (secondary N) is 1. The molecule has 0 fully saturated rings. The molecule has 0 aromatic heterocycles. The summed E-state index contributed by atoms with van der Waals surface area (Å²) >= 11 is 0. The molecule has 0 heterocycles. The summed E-state index contributed by atoms with van der Waals surface area (Å²) in [5.74, 6) is 2.49. The molecule has 4 heteroatoms. The van der Waals surface area contributed by atoms with E-state index in [0.717, 1.165) is 36.6 Å². The summed E-state index contributed by atoms with van der Waals surface area (Å²) in [6.45, 7) is 3.10. The van der Waals surface area contributed by atoms with Crippen molar-refractivity contribution in [2.24, 2.45) is 0 Å². The maximum absolute atomic E-state index is 5.39. The van der Waals surface area contributed by atoms with Crippen molar-refractivity contribution in [1.82, 2.24) is 5.32 Å². The van der Waals surface area contributed by atoms with Gasteiger partial charge in [0, 0.05) is 6.04 Å². The molecule has 0 saturated heterocycles. The Bertz CT molecular complexity index is 643. The molecule has 24 heavy (non-hydrogen) atoms. The van der Waals surface area contributed by atoms with Gasteiger partial charge in [-0.3, -0.25) is 0 Å². The Balaban J connectivity index is 1.86. The lowest BCUT2D eigenvalue weighted by Gasteiger charge is -2.16. The fourth-order valence-corrected chi connectivity index (χ4v) is 2.80. The predicted molar refractivity (Wildman–Crippen MR) is 97.4 cm³/mol. The Labute approximate surface area is 144 Å². The van der Waals surface area contributed by atoms with Crippen LogP contribution in [0.25, 0.3) is 0 Å². The first-order valence-corrected chi connectivity index (χ1v) is 8.24. The molecule has 0 aliphatic carbocycles. The first-order chi connectivity index (χ1) is 11.7. The second-order valence-corrected chi connectivity index (χ2v) is 5.81. The molecular formula is C20H27NO3. The molecule has 0 spiro atoms. The van der Waals surface area contributed by atoms with Crippen LogP contribution < -0.4 is 19.5 Å². The van der Waals surface area contributed by atoms with Gasteiger partial charge >= 0.3 is 0 Å². The van der Waals surface area contributed by atoms with E-state index in [1.54, 1.807) is 21.3 Å². The standard InChI is InChI=1S/C20H27NO3/c1-15(13-16-9-10-19(23-3)20(14-16)24-4)21-12-11-17-7-5-6-8-18(17)22-2/h5-10,14-15,21H,11-13H2,1-4H3. The highest BCUT2D eigenvalue weighted by Gasteiger charge is 2.08. The molecule has 0 saturated carbocycles. The van der Waals surface area contributed by atoms with E-state index in [2.05, 4.69) is 24.4 Å². The zero-order valence-corrected chi connectivity index (χ0v) is 15.0. The maximum atomic E-state index is 5.39. The minimum Gasteiger partial charge on any atom is -0.496 e.